The summed E-state index contributed by atoms with van der Waals surface area (Å²) in [5.41, 5.74) is 1.23. The topological polar surface area (TPSA) is 131 Å². The summed E-state index contributed by atoms with van der Waals surface area (Å²) in [6.07, 6.45) is 0. The van der Waals surface area contributed by atoms with Gasteiger partial charge in [0.1, 0.15) is 11.3 Å². The van der Waals surface area contributed by atoms with Gasteiger partial charge in [0.15, 0.2) is 0 Å². The van der Waals surface area contributed by atoms with Crippen LogP contribution in [0.5, 0.6) is 5.75 Å². The SMILES string of the molecule is COc1ccc(C(=O)NN2C(=O)N[C@@](C)(c3ccc([N+](=O)[O-])cc3)C2=O)cc1. The van der Waals surface area contributed by atoms with Crippen LogP contribution in [-0.4, -0.2) is 34.9 Å². The molecule has 1 saturated heterocycles. The molecular weight excluding hydrogens is 368 g/mol. The van der Waals surface area contributed by atoms with Crippen LogP contribution in [0.15, 0.2) is 48.5 Å². The molecule has 0 aliphatic carbocycles. The number of nitro benzene ring substituents is 1. The number of nitrogens with zero attached hydrogens (tertiary/aromatic N) is 2. The highest BCUT2D eigenvalue weighted by Gasteiger charge is 2.50. The first kappa shape index (κ1) is 18.8. The minimum Gasteiger partial charge on any atom is -0.497 e. The van der Waals surface area contributed by atoms with Gasteiger partial charge in [0.25, 0.3) is 17.5 Å². The molecule has 2 aromatic rings. The van der Waals surface area contributed by atoms with Crippen LogP contribution in [0.1, 0.15) is 22.8 Å². The van der Waals surface area contributed by atoms with E-state index in [1.807, 2.05) is 0 Å². The van der Waals surface area contributed by atoms with Crippen molar-refractivity contribution < 1.29 is 24.0 Å². The molecule has 2 N–H and O–H groups in total. The Bertz CT molecular complexity index is 957. The first-order valence-electron chi connectivity index (χ1n) is 8.13. The van der Waals surface area contributed by atoms with Crippen LogP contribution in [0.25, 0.3) is 0 Å². The van der Waals surface area contributed by atoms with Crippen molar-refractivity contribution in [3.63, 3.8) is 0 Å². The second kappa shape index (κ2) is 6.99. The summed E-state index contributed by atoms with van der Waals surface area (Å²) < 4.78 is 5.01. The fourth-order valence-electron chi connectivity index (χ4n) is 2.76. The quantitative estimate of drug-likeness (QED) is 0.458. The number of imide groups is 1. The van der Waals surface area contributed by atoms with E-state index in [0.717, 1.165) is 0 Å². The normalized spacial score (nSPS) is 18.6. The van der Waals surface area contributed by atoms with Crippen LogP contribution >= 0.6 is 0 Å². The molecule has 0 saturated carbocycles. The first-order valence-corrected chi connectivity index (χ1v) is 8.13. The molecule has 3 rings (SSSR count). The minimum absolute atomic E-state index is 0.145. The average molecular weight is 384 g/mol. The number of hydrogen-bond acceptors (Lipinski definition) is 6. The van der Waals surface area contributed by atoms with Gasteiger partial charge in [0, 0.05) is 17.7 Å². The Balaban J connectivity index is 1.80. The van der Waals surface area contributed by atoms with Crippen molar-refractivity contribution in [1.29, 1.82) is 0 Å². The molecule has 10 nitrogen and oxygen atoms in total. The zero-order chi connectivity index (χ0) is 20.5. The van der Waals surface area contributed by atoms with Crippen molar-refractivity contribution in [1.82, 2.24) is 15.8 Å². The molecule has 0 radical (unpaired) electrons. The van der Waals surface area contributed by atoms with Crippen LogP contribution < -0.4 is 15.5 Å². The van der Waals surface area contributed by atoms with Crippen molar-refractivity contribution in [3.05, 3.63) is 69.8 Å². The number of benzene rings is 2. The van der Waals surface area contributed by atoms with Crippen molar-refractivity contribution in [3.8, 4) is 5.75 Å². The third-order valence-electron chi connectivity index (χ3n) is 4.41. The van der Waals surface area contributed by atoms with E-state index < -0.39 is 28.3 Å². The van der Waals surface area contributed by atoms with Gasteiger partial charge in [-0.3, -0.25) is 25.1 Å². The Labute approximate surface area is 159 Å². The minimum atomic E-state index is -1.47. The summed E-state index contributed by atoms with van der Waals surface area (Å²) in [6.45, 7) is 1.45. The monoisotopic (exact) mass is 384 g/mol. The lowest BCUT2D eigenvalue weighted by molar-refractivity contribution is -0.384. The molecule has 0 aromatic heterocycles. The molecule has 1 atom stereocenters. The highest BCUT2D eigenvalue weighted by atomic mass is 16.6. The lowest BCUT2D eigenvalue weighted by Crippen LogP contribution is -2.47. The number of carbonyl (C=O) groups is 3. The summed E-state index contributed by atoms with van der Waals surface area (Å²) in [5.74, 6) is -0.815. The number of nitrogens with one attached hydrogen (secondary N) is 2. The molecule has 10 heteroatoms. The van der Waals surface area contributed by atoms with E-state index in [0.29, 0.717) is 16.3 Å². The lowest BCUT2D eigenvalue weighted by atomic mass is 9.92. The van der Waals surface area contributed by atoms with E-state index in [-0.39, 0.29) is 11.3 Å². The number of nitro groups is 1. The first-order chi connectivity index (χ1) is 13.3. The zero-order valence-electron chi connectivity index (χ0n) is 15.0. The Morgan fingerprint density at radius 1 is 1.14 bits per heavy atom. The number of urea groups is 1. The lowest BCUT2D eigenvalue weighted by Gasteiger charge is -2.22. The summed E-state index contributed by atoms with van der Waals surface area (Å²) in [4.78, 5) is 47.6. The standard InChI is InChI=1S/C18H16N4O6/c1-18(12-5-7-13(8-6-12)22(26)27)16(24)21(17(25)19-18)20-15(23)11-3-9-14(28-2)10-4-11/h3-10H,1-2H3,(H,19,25)(H,20,23)/t18-/m0/s1. The molecule has 0 bridgehead atoms. The van der Waals surface area contributed by atoms with Crippen LogP contribution in [0.3, 0.4) is 0 Å². The number of rotatable bonds is 5. The van der Waals surface area contributed by atoms with Gasteiger partial charge in [-0.15, -0.1) is 0 Å². The average Bonchev–Trinajstić information content (AvgIpc) is 2.92. The van der Waals surface area contributed by atoms with Gasteiger partial charge >= 0.3 is 6.03 Å². The van der Waals surface area contributed by atoms with Crippen LogP contribution in [0.4, 0.5) is 10.5 Å². The van der Waals surface area contributed by atoms with Gasteiger partial charge in [-0.1, -0.05) is 0 Å². The molecule has 0 spiro atoms. The van der Waals surface area contributed by atoms with E-state index in [4.69, 9.17) is 4.74 Å². The smallest absolute Gasteiger partial charge is 0.344 e. The molecule has 0 unspecified atom stereocenters. The second-order valence-electron chi connectivity index (χ2n) is 6.17. The maximum absolute atomic E-state index is 12.8. The predicted molar refractivity (Wildman–Crippen MR) is 96.3 cm³/mol. The molecule has 28 heavy (non-hydrogen) atoms. The summed E-state index contributed by atoms with van der Waals surface area (Å²) >= 11 is 0. The third kappa shape index (κ3) is 3.22. The van der Waals surface area contributed by atoms with E-state index >= 15 is 0 Å². The van der Waals surface area contributed by atoms with E-state index in [9.17, 15) is 24.5 Å². The Morgan fingerprint density at radius 3 is 2.29 bits per heavy atom. The van der Waals surface area contributed by atoms with Gasteiger partial charge in [-0.2, -0.15) is 5.01 Å². The number of non-ortho nitro benzene ring substituents is 1. The fraction of sp³-hybridized carbons (Fsp3) is 0.167. The predicted octanol–water partition coefficient (Wildman–Crippen LogP) is 1.72. The molecule has 144 valence electrons. The van der Waals surface area contributed by atoms with Crippen molar-refractivity contribution in [2.75, 3.05) is 7.11 Å². The number of methoxy groups -OCH3 is 1. The maximum Gasteiger partial charge on any atom is 0.344 e. The zero-order valence-corrected chi connectivity index (χ0v) is 15.0. The van der Waals surface area contributed by atoms with Crippen LogP contribution in [-0.2, 0) is 10.3 Å². The number of ether oxygens (including phenoxy) is 1. The highest BCUT2D eigenvalue weighted by molar-refractivity contribution is 6.09. The maximum atomic E-state index is 12.8. The summed E-state index contributed by atoms with van der Waals surface area (Å²) in [7, 11) is 1.49. The molecule has 1 aliphatic heterocycles. The van der Waals surface area contributed by atoms with Gasteiger partial charge in [-0.05, 0) is 48.9 Å². The van der Waals surface area contributed by atoms with Gasteiger partial charge in [0.2, 0.25) is 0 Å². The highest BCUT2D eigenvalue weighted by Crippen LogP contribution is 2.29. The van der Waals surface area contributed by atoms with E-state index in [2.05, 4.69) is 10.7 Å². The molecular formula is C18H16N4O6. The molecule has 1 heterocycles. The van der Waals surface area contributed by atoms with Gasteiger partial charge in [-0.25, -0.2) is 4.79 Å². The largest absolute Gasteiger partial charge is 0.497 e. The van der Waals surface area contributed by atoms with Crippen LogP contribution in [0.2, 0.25) is 0 Å². The van der Waals surface area contributed by atoms with Crippen molar-refractivity contribution in [2.45, 2.75) is 12.5 Å². The Morgan fingerprint density at radius 2 is 1.75 bits per heavy atom. The summed E-state index contributed by atoms with van der Waals surface area (Å²) in [5, 5.41) is 13.9. The Kier molecular flexibility index (Phi) is 4.70. The van der Waals surface area contributed by atoms with Gasteiger partial charge < -0.3 is 10.1 Å². The van der Waals surface area contributed by atoms with Gasteiger partial charge in [0.05, 0.1) is 12.0 Å². The number of carbonyl (C=O) groups excluding carboxylic acids is 3. The van der Waals surface area contributed by atoms with Crippen molar-refractivity contribution >= 4 is 23.5 Å². The molecule has 4 amide bonds. The number of amides is 4. The third-order valence-corrected chi connectivity index (χ3v) is 4.41. The van der Waals surface area contributed by atoms with Crippen molar-refractivity contribution in [2.24, 2.45) is 0 Å². The molecule has 1 aliphatic rings. The Hall–Kier alpha value is -3.95. The summed E-state index contributed by atoms with van der Waals surface area (Å²) in [6, 6.07) is 10.5. The van der Waals surface area contributed by atoms with Crippen LogP contribution in [0, 0.1) is 10.1 Å². The number of hydrazine groups is 1. The molecule has 1 fully saturated rings. The molecule has 2 aromatic carbocycles. The second-order valence-corrected chi connectivity index (χ2v) is 6.17. The number of hydrogen-bond donors (Lipinski definition) is 2. The van der Waals surface area contributed by atoms with E-state index in [1.165, 1.54) is 50.4 Å². The van der Waals surface area contributed by atoms with E-state index in [1.54, 1.807) is 12.1 Å². The fourth-order valence-corrected chi connectivity index (χ4v) is 2.76.